The van der Waals surface area contributed by atoms with Gasteiger partial charge in [0.2, 0.25) is 0 Å². The Kier molecular flexibility index (Phi) is 3.45. The summed E-state index contributed by atoms with van der Waals surface area (Å²) < 4.78 is 0. The van der Waals surface area contributed by atoms with E-state index >= 15 is 0 Å². The fourth-order valence-electron chi connectivity index (χ4n) is 2.27. The van der Waals surface area contributed by atoms with Crippen molar-refractivity contribution in [1.82, 2.24) is 5.43 Å². The Bertz CT molecular complexity index is 549. The summed E-state index contributed by atoms with van der Waals surface area (Å²) in [5, 5.41) is 0. The fourth-order valence-corrected chi connectivity index (χ4v) is 2.27. The molecule has 1 heterocycles. The van der Waals surface area contributed by atoms with Crippen LogP contribution in [0.4, 0.5) is 5.69 Å². The van der Waals surface area contributed by atoms with Gasteiger partial charge in [-0.2, -0.15) is 0 Å². The predicted octanol–water partition coefficient (Wildman–Crippen LogP) is 3.54. The van der Waals surface area contributed by atoms with Crippen LogP contribution in [0.5, 0.6) is 0 Å². The van der Waals surface area contributed by atoms with Gasteiger partial charge in [-0.05, 0) is 24.1 Å². The molecule has 0 radical (unpaired) electrons. The summed E-state index contributed by atoms with van der Waals surface area (Å²) in [6.45, 7) is 0. The number of nitrogens with one attached hydrogen (secondary N) is 2. The summed E-state index contributed by atoms with van der Waals surface area (Å²) in [6, 6.07) is 20.8. The Morgan fingerprint density at radius 1 is 0.842 bits per heavy atom. The molecule has 3 rings (SSSR count). The lowest BCUT2D eigenvalue weighted by molar-refractivity contribution is 0.723. The minimum Gasteiger partial charge on any atom is -0.300 e. The molecule has 0 aromatic heterocycles. The Morgan fingerprint density at radius 3 is 2.26 bits per heavy atom. The highest BCUT2D eigenvalue weighted by Crippen LogP contribution is 2.27. The van der Waals surface area contributed by atoms with E-state index in [0.717, 1.165) is 24.4 Å². The molecule has 3 nitrogen and oxygen atoms in total. The second kappa shape index (κ2) is 5.57. The van der Waals surface area contributed by atoms with Gasteiger partial charge < -0.3 is 0 Å². The van der Waals surface area contributed by atoms with Gasteiger partial charge in [-0.25, -0.2) is 0 Å². The number of para-hydroxylation sites is 1. The number of anilines is 1. The van der Waals surface area contributed by atoms with Gasteiger partial charge in [0.05, 0.1) is 11.7 Å². The van der Waals surface area contributed by atoms with Crippen LogP contribution >= 0.6 is 0 Å². The van der Waals surface area contributed by atoms with Crippen molar-refractivity contribution in [2.75, 3.05) is 5.43 Å². The highest BCUT2D eigenvalue weighted by Gasteiger charge is 2.18. The number of benzene rings is 2. The molecule has 0 saturated carbocycles. The van der Waals surface area contributed by atoms with Gasteiger partial charge in [-0.1, -0.05) is 48.5 Å². The first-order valence-corrected chi connectivity index (χ1v) is 6.60. The minimum atomic E-state index is 0.293. The molecule has 0 spiro atoms. The van der Waals surface area contributed by atoms with Crippen LogP contribution in [0.3, 0.4) is 0 Å². The first-order valence-electron chi connectivity index (χ1n) is 6.60. The van der Waals surface area contributed by atoms with Crippen LogP contribution in [0.25, 0.3) is 0 Å². The molecule has 0 fully saturated rings. The molecule has 0 bridgehead atoms. The molecular weight excluding hydrogens is 234 g/mol. The minimum absolute atomic E-state index is 0.293. The maximum Gasteiger partial charge on any atom is 0.116 e. The molecule has 1 atom stereocenters. The summed E-state index contributed by atoms with van der Waals surface area (Å²) in [4.78, 5) is 4.72. The lowest BCUT2D eigenvalue weighted by Gasteiger charge is -2.08. The third-order valence-corrected chi connectivity index (χ3v) is 3.28. The largest absolute Gasteiger partial charge is 0.300 e. The molecule has 2 N–H and O–H groups in total. The average Bonchev–Trinajstić information content (AvgIpc) is 2.96. The van der Waals surface area contributed by atoms with E-state index in [-0.39, 0.29) is 0 Å². The highest BCUT2D eigenvalue weighted by molar-refractivity contribution is 5.85. The number of hydrogen-bond acceptors (Lipinski definition) is 3. The molecule has 1 aliphatic heterocycles. The van der Waals surface area contributed by atoms with Gasteiger partial charge in [0.25, 0.3) is 0 Å². The van der Waals surface area contributed by atoms with Gasteiger partial charge in [0, 0.05) is 6.42 Å². The smallest absolute Gasteiger partial charge is 0.116 e. The van der Waals surface area contributed by atoms with E-state index < -0.39 is 0 Å². The molecular formula is C16H17N3. The highest BCUT2D eigenvalue weighted by atomic mass is 15.4. The van der Waals surface area contributed by atoms with Crippen molar-refractivity contribution in [2.24, 2.45) is 4.99 Å². The molecule has 96 valence electrons. The van der Waals surface area contributed by atoms with Gasteiger partial charge in [-0.3, -0.25) is 15.8 Å². The van der Waals surface area contributed by atoms with E-state index in [2.05, 4.69) is 35.1 Å². The van der Waals surface area contributed by atoms with Crippen molar-refractivity contribution < 1.29 is 0 Å². The van der Waals surface area contributed by atoms with Gasteiger partial charge >= 0.3 is 0 Å². The molecule has 2 aromatic carbocycles. The van der Waals surface area contributed by atoms with Crippen LogP contribution in [0.1, 0.15) is 24.4 Å². The van der Waals surface area contributed by atoms with E-state index in [0.29, 0.717) is 6.04 Å². The first-order chi connectivity index (χ1) is 9.42. The Hall–Kier alpha value is -2.29. The summed E-state index contributed by atoms with van der Waals surface area (Å²) in [6.07, 6.45) is 2.06. The van der Waals surface area contributed by atoms with Gasteiger partial charge in [0.1, 0.15) is 5.84 Å². The Balaban J connectivity index is 1.61. The number of nitrogens with zero attached hydrogens (tertiary/aromatic N) is 1. The van der Waals surface area contributed by atoms with Crippen LogP contribution < -0.4 is 10.9 Å². The summed E-state index contributed by atoms with van der Waals surface area (Å²) in [5.41, 5.74) is 8.72. The zero-order valence-corrected chi connectivity index (χ0v) is 10.7. The van der Waals surface area contributed by atoms with E-state index in [4.69, 9.17) is 4.99 Å². The Morgan fingerprint density at radius 2 is 1.53 bits per heavy atom. The molecule has 0 aliphatic carbocycles. The number of hydrogen-bond donors (Lipinski definition) is 2. The second-order valence-electron chi connectivity index (χ2n) is 4.66. The summed E-state index contributed by atoms with van der Waals surface area (Å²) in [5.74, 6) is 1.03. The number of amidine groups is 1. The van der Waals surface area contributed by atoms with Gasteiger partial charge in [0.15, 0.2) is 0 Å². The first kappa shape index (κ1) is 11.8. The average molecular weight is 251 g/mol. The summed E-state index contributed by atoms with van der Waals surface area (Å²) in [7, 11) is 0. The van der Waals surface area contributed by atoms with Crippen molar-refractivity contribution in [1.29, 1.82) is 0 Å². The quantitative estimate of drug-likeness (QED) is 0.819. The third-order valence-electron chi connectivity index (χ3n) is 3.28. The van der Waals surface area contributed by atoms with Crippen molar-refractivity contribution in [3.05, 3.63) is 66.2 Å². The topological polar surface area (TPSA) is 36.4 Å². The molecule has 1 aliphatic rings. The maximum absolute atomic E-state index is 4.72. The molecule has 0 amide bonds. The normalized spacial score (nSPS) is 17.9. The number of rotatable bonds is 3. The number of aliphatic imine (C=N–C) groups is 1. The molecule has 2 aromatic rings. The van der Waals surface area contributed by atoms with Crippen molar-refractivity contribution in [2.45, 2.75) is 18.9 Å². The zero-order chi connectivity index (χ0) is 12.9. The van der Waals surface area contributed by atoms with E-state index in [9.17, 15) is 0 Å². The Labute approximate surface area is 113 Å². The van der Waals surface area contributed by atoms with Crippen LogP contribution in [-0.2, 0) is 0 Å². The zero-order valence-electron chi connectivity index (χ0n) is 10.7. The van der Waals surface area contributed by atoms with Crippen molar-refractivity contribution in [3.8, 4) is 0 Å². The fraction of sp³-hybridized carbons (Fsp3) is 0.188. The maximum atomic E-state index is 4.72. The lowest BCUT2D eigenvalue weighted by Crippen LogP contribution is -2.27. The standard InChI is InChI=1S/C16H17N3/c1-3-7-13(8-4-1)15-11-12-16(17-15)19-18-14-9-5-2-6-10-14/h1-10,15,18H,11-12H2,(H,17,19). The monoisotopic (exact) mass is 251 g/mol. The SMILES string of the molecule is c1ccc(NNC2=NC(c3ccccc3)CC2)cc1. The lowest BCUT2D eigenvalue weighted by atomic mass is 10.1. The second-order valence-corrected chi connectivity index (χ2v) is 4.66. The third kappa shape index (κ3) is 2.94. The van der Waals surface area contributed by atoms with Crippen LogP contribution in [-0.4, -0.2) is 5.84 Å². The molecule has 1 unspecified atom stereocenters. The number of hydrazine groups is 1. The van der Waals surface area contributed by atoms with Crippen molar-refractivity contribution in [3.63, 3.8) is 0 Å². The van der Waals surface area contributed by atoms with E-state index in [1.165, 1.54) is 5.56 Å². The van der Waals surface area contributed by atoms with E-state index in [1.807, 2.05) is 36.4 Å². The van der Waals surface area contributed by atoms with E-state index in [1.54, 1.807) is 0 Å². The van der Waals surface area contributed by atoms with Crippen LogP contribution in [0, 0.1) is 0 Å². The van der Waals surface area contributed by atoms with Crippen LogP contribution in [0.15, 0.2) is 65.7 Å². The predicted molar refractivity (Wildman–Crippen MR) is 79.1 cm³/mol. The van der Waals surface area contributed by atoms with Crippen molar-refractivity contribution >= 4 is 11.5 Å². The molecule has 3 heteroatoms. The summed E-state index contributed by atoms with van der Waals surface area (Å²) >= 11 is 0. The van der Waals surface area contributed by atoms with Crippen LogP contribution in [0.2, 0.25) is 0 Å². The van der Waals surface area contributed by atoms with Gasteiger partial charge in [-0.15, -0.1) is 0 Å². The molecule has 0 saturated heterocycles. The molecule has 19 heavy (non-hydrogen) atoms.